The fraction of sp³-hybridized carbons (Fsp3) is 0.545. The largest absolute Gasteiger partial charge is 0.481 e. The van der Waals surface area contributed by atoms with Crippen molar-refractivity contribution in [1.82, 2.24) is 9.55 Å². The Morgan fingerprint density at radius 1 is 1.39 bits per heavy atom. The zero-order valence-electron chi connectivity index (χ0n) is 9.67. The van der Waals surface area contributed by atoms with Gasteiger partial charge in [-0.3, -0.25) is 4.79 Å². The highest BCUT2D eigenvalue weighted by Crippen LogP contribution is 2.31. The third kappa shape index (κ3) is 1.97. The van der Waals surface area contributed by atoms with Gasteiger partial charge in [0.15, 0.2) is 5.69 Å². The highest BCUT2D eigenvalue weighted by atomic mass is 16.4. The van der Waals surface area contributed by atoms with Gasteiger partial charge in [0.05, 0.1) is 18.2 Å². The zero-order valence-corrected chi connectivity index (χ0v) is 9.67. The van der Waals surface area contributed by atoms with Crippen molar-refractivity contribution in [2.75, 3.05) is 6.61 Å². The van der Waals surface area contributed by atoms with Gasteiger partial charge in [-0.1, -0.05) is 0 Å². The first-order valence-electron chi connectivity index (χ1n) is 5.72. The van der Waals surface area contributed by atoms with Gasteiger partial charge in [0.1, 0.15) is 5.82 Å². The minimum absolute atomic E-state index is 0.146. The van der Waals surface area contributed by atoms with E-state index in [0.717, 1.165) is 0 Å². The highest BCUT2D eigenvalue weighted by Gasteiger charge is 2.34. The maximum atomic E-state index is 11.2. The van der Waals surface area contributed by atoms with Gasteiger partial charge in [-0.25, -0.2) is 9.78 Å². The molecule has 0 amide bonds. The number of aliphatic hydroxyl groups excluding tert-OH is 1. The third-order valence-corrected chi connectivity index (χ3v) is 3.13. The van der Waals surface area contributed by atoms with Crippen molar-refractivity contribution in [2.45, 2.75) is 31.7 Å². The number of imidazole rings is 1. The summed E-state index contributed by atoms with van der Waals surface area (Å²) in [4.78, 5) is 26.3. The molecule has 0 aliphatic carbocycles. The van der Waals surface area contributed by atoms with E-state index >= 15 is 0 Å². The molecule has 2 heterocycles. The van der Waals surface area contributed by atoms with E-state index in [0.29, 0.717) is 25.2 Å². The lowest BCUT2D eigenvalue weighted by atomic mass is 9.94. The molecule has 0 bridgehead atoms. The second-order valence-corrected chi connectivity index (χ2v) is 4.23. The summed E-state index contributed by atoms with van der Waals surface area (Å²) in [6.45, 7) is 0.405. The molecule has 7 heteroatoms. The zero-order chi connectivity index (χ0) is 13.3. The van der Waals surface area contributed by atoms with Crippen molar-refractivity contribution in [2.24, 2.45) is 0 Å². The van der Waals surface area contributed by atoms with Crippen LogP contribution < -0.4 is 0 Å². The Labute approximate surface area is 103 Å². The molecule has 0 saturated heterocycles. The number of aliphatic hydroxyl groups is 1. The van der Waals surface area contributed by atoms with Gasteiger partial charge in [0, 0.05) is 13.0 Å². The summed E-state index contributed by atoms with van der Waals surface area (Å²) < 4.78 is 1.63. The smallest absolute Gasteiger partial charge is 0.356 e. The van der Waals surface area contributed by atoms with E-state index in [1.165, 1.54) is 0 Å². The van der Waals surface area contributed by atoms with E-state index < -0.39 is 17.9 Å². The number of carbonyl (C=O) groups is 2. The Balaban J connectivity index is 2.56. The monoisotopic (exact) mass is 254 g/mol. The summed E-state index contributed by atoms with van der Waals surface area (Å²) in [5, 5.41) is 27.2. The normalized spacial score (nSPS) is 18.4. The maximum absolute atomic E-state index is 11.2. The van der Waals surface area contributed by atoms with E-state index in [-0.39, 0.29) is 24.4 Å². The van der Waals surface area contributed by atoms with Crippen molar-refractivity contribution in [3.05, 3.63) is 17.2 Å². The maximum Gasteiger partial charge on any atom is 0.356 e. The molecule has 0 spiro atoms. The van der Waals surface area contributed by atoms with Crippen molar-refractivity contribution >= 4 is 11.9 Å². The van der Waals surface area contributed by atoms with Crippen molar-refractivity contribution in [3.8, 4) is 0 Å². The molecule has 0 saturated carbocycles. The predicted molar refractivity (Wildman–Crippen MR) is 59.6 cm³/mol. The number of aromatic carboxylic acids is 1. The van der Waals surface area contributed by atoms with Crippen molar-refractivity contribution in [3.63, 3.8) is 0 Å². The summed E-state index contributed by atoms with van der Waals surface area (Å²) in [7, 11) is 0. The molecule has 1 atom stereocenters. The average Bonchev–Trinajstić information content (AvgIpc) is 2.69. The number of hydrogen-bond donors (Lipinski definition) is 3. The van der Waals surface area contributed by atoms with Crippen LogP contribution >= 0.6 is 0 Å². The number of aliphatic carboxylic acids is 1. The van der Waals surface area contributed by atoms with Gasteiger partial charge in [-0.05, 0) is 12.8 Å². The fourth-order valence-electron chi connectivity index (χ4n) is 2.40. The van der Waals surface area contributed by atoms with E-state index in [1.807, 2.05) is 0 Å². The molecule has 7 nitrogen and oxygen atoms in total. The van der Waals surface area contributed by atoms with Gasteiger partial charge in [0.25, 0.3) is 0 Å². The Hall–Kier alpha value is -1.89. The molecule has 1 aliphatic heterocycles. The van der Waals surface area contributed by atoms with Gasteiger partial charge in [-0.15, -0.1) is 0 Å². The summed E-state index contributed by atoms with van der Waals surface area (Å²) >= 11 is 0. The SMILES string of the molecule is O=C(O)c1nc(CCO)n2c1C(C(=O)O)CCC2. The number of fused-ring (bicyclic) bond motifs is 1. The number of aromatic nitrogens is 2. The summed E-state index contributed by atoms with van der Waals surface area (Å²) in [5.74, 6) is -2.65. The lowest BCUT2D eigenvalue weighted by molar-refractivity contribution is -0.139. The first-order valence-corrected chi connectivity index (χ1v) is 5.72. The Morgan fingerprint density at radius 3 is 2.67 bits per heavy atom. The molecule has 0 aromatic carbocycles. The number of carboxylic acids is 2. The Kier molecular flexibility index (Phi) is 3.33. The minimum Gasteiger partial charge on any atom is -0.481 e. The summed E-state index contributed by atoms with van der Waals surface area (Å²) in [5.41, 5.74) is 0.0512. The highest BCUT2D eigenvalue weighted by molar-refractivity contribution is 5.89. The summed E-state index contributed by atoms with van der Waals surface area (Å²) in [6, 6.07) is 0. The molecule has 2 rings (SSSR count). The quantitative estimate of drug-likeness (QED) is 0.701. The summed E-state index contributed by atoms with van der Waals surface area (Å²) in [6.07, 6.45) is 1.31. The van der Waals surface area contributed by atoms with Crippen molar-refractivity contribution in [1.29, 1.82) is 0 Å². The number of carboxylic acid groups (broad SMARTS) is 2. The first kappa shape index (κ1) is 12.6. The van der Waals surface area contributed by atoms with Crippen LogP contribution in [-0.2, 0) is 17.8 Å². The molecule has 0 radical (unpaired) electrons. The lowest BCUT2D eigenvalue weighted by Gasteiger charge is -2.22. The van der Waals surface area contributed by atoms with Gasteiger partial charge < -0.3 is 19.9 Å². The molecule has 1 aliphatic rings. The van der Waals surface area contributed by atoms with E-state index in [4.69, 9.17) is 15.3 Å². The molecule has 1 aromatic heterocycles. The third-order valence-electron chi connectivity index (χ3n) is 3.13. The minimum atomic E-state index is -1.23. The fourth-order valence-corrected chi connectivity index (χ4v) is 2.40. The Morgan fingerprint density at radius 2 is 2.11 bits per heavy atom. The predicted octanol–water partition coefficient (Wildman–Crippen LogP) is 0.0781. The molecule has 3 N–H and O–H groups in total. The number of rotatable bonds is 4. The number of nitrogens with zero attached hydrogens (tertiary/aromatic N) is 2. The van der Waals surface area contributed by atoms with Crippen LogP contribution in [0.4, 0.5) is 0 Å². The molecule has 18 heavy (non-hydrogen) atoms. The van der Waals surface area contributed by atoms with Crippen LogP contribution in [0.15, 0.2) is 0 Å². The van der Waals surface area contributed by atoms with Crippen LogP contribution in [0.2, 0.25) is 0 Å². The van der Waals surface area contributed by atoms with Crippen LogP contribution in [0.3, 0.4) is 0 Å². The molecular weight excluding hydrogens is 240 g/mol. The molecule has 1 unspecified atom stereocenters. The van der Waals surface area contributed by atoms with E-state index in [2.05, 4.69) is 4.98 Å². The van der Waals surface area contributed by atoms with Gasteiger partial charge in [0.2, 0.25) is 0 Å². The van der Waals surface area contributed by atoms with Crippen LogP contribution in [0, 0.1) is 0 Å². The molecule has 1 aromatic rings. The van der Waals surface area contributed by atoms with E-state index in [1.54, 1.807) is 4.57 Å². The lowest BCUT2D eigenvalue weighted by Crippen LogP contribution is -2.24. The molecule has 0 fully saturated rings. The van der Waals surface area contributed by atoms with Crippen LogP contribution in [0.1, 0.15) is 40.8 Å². The first-order chi connectivity index (χ1) is 8.56. The van der Waals surface area contributed by atoms with Crippen molar-refractivity contribution < 1.29 is 24.9 Å². The van der Waals surface area contributed by atoms with Gasteiger partial charge in [-0.2, -0.15) is 0 Å². The topological polar surface area (TPSA) is 113 Å². The van der Waals surface area contributed by atoms with Crippen LogP contribution in [0.25, 0.3) is 0 Å². The van der Waals surface area contributed by atoms with Crippen LogP contribution in [-0.4, -0.2) is 43.4 Å². The standard InChI is InChI=1S/C11H14N2O5/c14-5-3-7-12-8(11(17)18)9-6(10(15)16)2-1-4-13(7)9/h6,14H,1-5H2,(H,15,16)(H,17,18). The molecular formula is C11H14N2O5. The van der Waals surface area contributed by atoms with E-state index in [9.17, 15) is 9.59 Å². The Bertz CT molecular complexity index is 494. The second kappa shape index (κ2) is 4.77. The second-order valence-electron chi connectivity index (χ2n) is 4.23. The number of hydrogen-bond acceptors (Lipinski definition) is 4. The van der Waals surface area contributed by atoms with Crippen LogP contribution in [0.5, 0.6) is 0 Å². The molecule has 98 valence electrons. The average molecular weight is 254 g/mol. The van der Waals surface area contributed by atoms with Gasteiger partial charge >= 0.3 is 11.9 Å².